The minimum atomic E-state index is -4.19. The zero-order valence-corrected chi connectivity index (χ0v) is 14.6. The standard InChI is InChI=1S/C20H18O5S/c21-17-9-5-14(6-10-17)20(15-7-11-18(22)12-8-15)19-4-2-1-3-16(19)13-26(23,24)25/h1-12,20-22H,13H2,(H,23,24,25). The number of rotatable bonds is 5. The van der Waals surface area contributed by atoms with Crippen LogP contribution in [0, 0.1) is 0 Å². The zero-order chi connectivity index (χ0) is 18.7. The van der Waals surface area contributed by atoms with E-state index in [1.165, 1.54) is 0 Å². The van der Waals surface area contributed by atoms with E-state index in [-0.39, 0.29) is 17.4 Å². The summed E-state index contributed by atoms with van der Waals surface area (Å²) in [5.74, 6) is -0.557. The zero-order valence-electron chi connectivity index (χ0n) is 13.8. The van der Waals surface area contributed by atoms with E-state index < -0.39 is 15.9 Å². The fourth-order valence-electron chi connectivity index (χ4n) is 3.03. The number of phenolic OH excluding ortho intramolecular Hbond substituents is 2. The van der Waals surface area contributed by atoms with Crippen LogP contribution in [0.5, 0.6) is 11.5 Å². The Morgan fingerprint density at radius 2 is 1.19 bits per heavy atom. The molecule has 0 aliphatic carbocycles. The molecule has 0 aliphatic rings. The average Bonchev–Trinajstić information content (AvgIpc) is 2.58. The number of hydrogen-bond donors (Lipinski definition) is 3. The lowest BCUT2D eigenvalue weighted by Crippen LogP contribution is -2.10. The van der Waals surface area contributed by atoms with Crippen molar-refractivity contribution >= 4 is 10.1 Å². The number of benzene rings is 3. The normalized spacial score (nSPS) is 11.6. The molecule has 0 unspecified atom stereocenters. The molecule has 0 bridgehead atoms. The lowest BCUT2D eigenvalue weighted by Gasteiger charge is -2.22. The van der Waals surface area contributed by atoms with Crippen molar-refractivity contribution in [2.45, 2.75) is 11.7 Å². The first-order valence-corrected chi connectivity index (χ1v) is 9.55. The topological polar surface area (TPSA) is 94.8 Å². The van der Waals surface area contributed by atoms with Crippen molar-refractivity contribution in [3.63, 3.8) is 0 Å². The van der Waals surface area contributed by atoms with Gasteiger partial charge in [-0.2, -0.15) is 8.42 Å². The predicted octanol–water partition coefficient (Wildman–Crippen LogP) is 3.67. The molecule has 0 spiro atoms. The van der Waals surface area contributed by atoms with E-state index in [0.717, 1.165) is 16.7 Å². The van der Waals surface area contributed by atoms with E-state index in [0.29, 0.717) is 5.56 Å². The van der Waals surface area contributed by atoms with Crippen molar-refractivity contribution in [2.24, 2.45) is 0 Å². The summed E-state index contributed by atoms with van der Waals surface area (Å²) in [7, 11) is -4.19. The monoisotopic (exact) mass is 370 g/mol. The molecule has 0 radical (unpaired) electrons. The van der Waals surface area contributed by atoms with Gasteiger partial charge in [-0.05, 0) is 46.5 Å². The molecule has 3 aromatic rings. The summed E-state index contributed by atoms with van der Waals surface area (Å²) in [6.45, 7) is 0. The summed E-state index contributed by atoms with van der Waals surface area (Å²) in [5.41, 5.74) is 2.90. The molecule has 0 saturated heterocycles. The van der Waals surface area contributed by atoms with Crippen molar-refractivity contribution < 1.29 is 23.2 Å². The van der Waals surface area contributed by atoms with Gasteiger partial charge in [-0.3, -0.25) is 4.55 Å². The molecule has 26 heavy (non-hydrogen) atoms. The second-order valence-corrected chi connectivity index (χ2v) is 7.49. The van der Waals surface area contributed by atoms with Crippen LogP contribution < -0.4 is 0 Å². The van der Waals surface area contributed by atoms with Gasteiger partial charge in [0.1, 0.15) is 17.3 Å². The van der Waals surface area contributed by atoms with Crippen molar-refractivity contribution in [3.05, 3.63) is 95.1 Å². The molecular formula is C20H18O5S. The van der Waals surface area contributed by atoms with Crippen LogP contribution in [0.1, 0.15) is 28.2 Å². The molecule has 0 aliphatic heterocycles. The lowest BCUT2D eigenvalue weighted by molar-refractivity contribution is 0.475. The summed E-state index contributed by atoms with van der Waals surface area (Å²) >= 11 is 0. The molecule has 3 N–H and O–H groups in total. The fourth-order valence-corrected chi connectivity index (χ4v) is 3.68. The van der Waals surface area contributed by atoms with E-state index in [4.69, 9.17) is 0 Å². The van der Waals surface area contributed by atoms with Gasteiger partial charge < -0.3 is 10.2 Å². The predicted molar refractivity (Wildman–Crippen MR) is 98.9 cm³/mol. The summed E-state index contributed by atoms with van der Waals surface area (Å²) in [6, 6.07) is 20.3. The van der Waals surface area contributed by atoms with Gasteiger partial charge in [0.15, 0.2) is 0 Å². The van der Waals surface area contributed by atoms with E-state index in [2.05, 4.69) is 0 Å². The minimum Gasteiger partial charge on any atom is -0.508 e. The van der Waals surface area contributed by atoms with Crippen LogP contribution in [0.15, 0.2) is 72.8 Å². The maximum atomic E-state index is 11.4. The molecule has 0 amide bonds. The molecule has 0 saturated carbocycles. The molecule has 0 aromatic heterocycles. The Morgan fingerprint density at radius 3 is 1.65 bits per heavy atom. The quantitative estimate of drug-likeness (QED) is 0.471. The summed E-state index contributed by atoms with van der Waals surface area (Å²) in [6.07, 6.45) is 0. The Labute approximate surface area is 151 Å². The maximum absolute atomic E-state index is 11.4. The molecule has 0 fully saturated rings. The molecule has 0 heterocycles. The molecule has 5 nitrogen and oxygen atoms in total. The molecule has 3 aromatic carbocycles. The van der Waals surface area contributed by atoms with Gasteiger partial charge in [-0.15, -0.1) is 0 Å². The summed E-state index contributed by atoms with van der Waals surface area (Å²) < 4.78 is 32.2. The minimum absolute atomic E-state index is 0.129. The van der Waals surface area contributed by atoms with E-state index in [1.54, 1.807) is 66.7 Å². The van der Waals surface area contributed by atoms with Gasteiger partial charge >= 0.3 is 0 Å². The number of aromatic hydroxyl groups is 2. The second-order valence-electron chi connectivity index (χ2n) is 6.04. The van der Waals surface area contributed by atoms with Gasteiger partial charge in [-0.1, -0.05) is 48.5 Å². The first kappa shape index (κ1) is 18.0. The van der Waals surface area contributed by atoms with Crippen LogP contribution in [0.25, 0.3) is 0 Å². The highest BCUT2D eigenvalue weighted by Gasteiger charge is 2.21. The Kier molecular flexibility index (Phi) is 4.97. The van der Waals surface area contributed by atoms with Crippen molar-refractivity contribution in [1.29, 1.82) is 0 Å². The van der Waals surface area contributed by atoms with Crippen molar-refractivity contribution in [2.75, 3.05) is 0 Å². The first-order chi connectivity index (χ1) is 12.3. The Morgan fingerprint density at radius 1 is 0.731 bits per heavy atom. The van der Waals surface area contributed by atoms with E-state index in [9.17, 15) is 23.2 Å². The van der Waals surface area contributed by atoms with Gasteiger partial charge in [-0.25, -0.2) is 0 Å². The highest BCUT2D eigenvalue weighted by Crippen LogP contribution is 2.35. The maximum Gasteiger partial charge on any atom is 0.269 e. The van der Waals surface area contributed by atoms with Gasteiger partial charge in [0.2, 0.25) is 0 Å². The van der Waals surface area contributed by atoms with Crippen molar-refractivity contribution in [3.8, 4) is 11.5 Å². The molecule has 6 heteroatoms. The molecule has 134 valence electrons. The van der Waals surface area contributed by atoms with Gasteiger partial charge in [0, 0.05) is 5.92 Å². The van der Waals surface area contributed by atoms with Crippen LogP contribution in [-0.4, -0.2) is 23.2 Å². The first-order valence-electron chi connectivity index (χ1n) is 7.94. The molecule has 0 atom stereocenters. The van der Waals surface area contributed by atoms with Crippen LogP contribution in [0.3, 0.4) is 0 Å². The fraction of sp³-hybridized carbons (Fsp3) is 0.100. The Bertz CT molecular complexity index is 948. The van der Waals surface area contributed by atoms with E-state index >= 15 is 0 Å². The Hall–Kier alpha value is -2.83. The summed E-state index contributed by atoms with van der Waals surface area (Å²) in [5, 5.41) is 19.2. The molecular weight excluding hydrogens is 352 g/mol. The largest absolute Gasteiger partial charge is 0.508 e. The SMILES string of the molecule is O=S(=O)(O)Cc1ccccc1C(c1ccc(O)cc1)c1ccc(O)cc1. The van der Waals surface area contributed by atoms with Crippen LogP contribution in [0.2, 0.25) is 0 Å². The third-order valence-corrected chi connectivity index (χ3v) is 4.83. The van der Waals surface area contributed by atoms with Crippen LogP contribution >= 0.6 is 0 Å². The van der Waals surface area contributed by atoms with Gasteiger partial charge in [0.05, 0.1) is 0 Å². The lowest BCUT2D eigenvalue weighted by atomic mass is 9.83. The van der Waals surface area contributed by atoms with E-state index in [1.807, 2.05) is 6.07 Å². The second kappa shape index (κ2) is 7.19. The third kappa shape index (κ3) is 4.22. The van der Waals surface area contributed by atoms with Gasteiger partial charge in [0.25, 0.3) is 10.1 Å². The smallest absolute Gasteiger partial charge is 0.269 e. The Balaban J connectivity index is 2.18. The summed E-state index contributed by atoms with van der Waals surface area (Å²) in [4.78, 5) is 0. The highest BCUT2D eigenvalue weighted by atomic mass is 32.2. The van der Waals surface area contributed by atoms with Crippen molar-refractivity contribution in [1.82, 2.24) is 0 Å². The average molecular weight is 370 g/mol. The number of phenols is 2. The van der Waals surface area contributed by atoms with Crippen LogP contribution in [-0.2, 0) is 15.9 Å². The molecule has 3 rings (SSSR count). The number of hydrogen-bond acceptors (Lipinski definition) is 4. The third-order valence-electron chi connectivity index (χ3n) is 4.16. The van der Waals surface area contributed by atoms with Crippen LogP contribution in [0.4, 0.5) is 0 Å². The highest BCUT2D eigenvalue weighted by molar-refractivity contribution is 7.85.